The van der Waals surface area contributed by atoms with Crippen LogP contribution in [0.25, 0.3) is 0 Å². The first-order chi connectivity index (χ1) is 7.37. The van der Waals surface area contributed by atoms with Crippen LogP contribution in [-0.2, 0) is 10.3 Å². The maximum atomic E-state index is 12.9. The van der Waals surface area contributed by atoms with Crippen LogP contribution in [0, 0.1) is 5.82 Å². The topological polar surface area (TPSA) is 29.5 Å². The number of halogens is 4. The monoisotopic (exact) mass is 236 g/mol. The highest BCUT2D eigenvalue weighted by Crippen LogP contribution is 2.52. The van der Waals surface area contributed by atoms with E-state index in [1.165, 1.54) is 0 Å². The van der Waals surface area contributed by atoms with Crippen LogP contribution in [0.1, 0.15) is 12.0 Å². The summed E-state index contributed by atoms with van der Waals surface area (Å²) in [7, 11) is 0. The Balaban J connectivity index is 2.53. The maximum Gasteiger partial charge on any atom is 0.421 e. The lowest BCUT2D eigenvalue weighted by atomic mass is 9.85. The largest absolute Gasteiger partial charge is 0.508 e. The van der Waals surface area contributed by atoms with E-state index in [-0.39, 0.29) is 13.0 Å². The van der Waals surface area contributed by atoms with Crippen molar-refractivity contribution < 1.29 is 27.4 Å². The first-order valence-electron chi connectivity index (χ1n) is 4.56. The van der Waals surface area contributed by atoms with Gasteiger partial charge in [0, 0.05) is 12.0 Å². The molecule has 2 rings (SSSR count). The molecule has 0 saturated carbocycles. The van der Waals surface area contributed by atoms with Gasteiger partial charge in [0.25, 0.3) is 0 Å². The highest BCUT2D eigenvalue weighted by molar-refractivity contribution is 5.39. The van der Waals surface area contributed by atoms with E-state index in [4.69, 9.17) is 0 Å². The standard InChI is InChI=1S/C10H8F4O2/c11-6-1-2-8(15)7(5-6)9(3-4-16-9)10(12,13)14/h1-2,5,15H,3-4H2. The van der Waals surface area contributed by atoms with Crippen molar-refractivity contribution in [2.24, 2.45) is 0 Å². The zero-order valence-electron chi connectivity index (χ0n) is 8.01. The van der Waals surface area contributed by atoms with Gasteiger partial charge in [-0.15, -0.1) is 0 Å². The molecule has 0 aromatic heterocycles. The summed E-state index contributed by atoms with van der Waals surface area (Å²) in [4.78, 5) is 0. The van der Waals surface area contributed by atoms with Gasteiger partial charge in [0.15, 0.2) is 5.60 Å². The van der Waals surface area contributed by atoms with Crippen molar-refractivity contribution in [2.75, 3.05) is 6.61 Å². The molecule has 1 fully saturated rings. The third-order valence-electron chi connectivity index (χ3n) is 2.65. The number of aromatic hydroxyl groups is 1. The predicted molar refractivity (Wildman–Crippen MR) is 46.4 cm³/mol. The Morgan fingerprint density at radius 2 is 1.94 bits per heavy atom. The first-order valence-corrected chi connectivity index (χ1v) is 4.56. The van der Waals surface area contributed by atoms with E-state index in [1.807, 2.05) is 0 Å². The zero-order chi connectivity index (χ0) is 12.0. The fourth-order valence-corrected chi connectivity index (χ4v) is 1.73. The normalized spacial score (nSPS) is 25.2. The molecule has 1 aliphatic heterocycles. The van der Waals surface area contributed by atoms with Gasteiger partial charge in [-0.05, 0) is 18.2 Å². The molecule has 1 heterocycles. The van der Waals surface area contributed by atoms with Crippen molar-refractivity contribution in [1.82, 2.24) is 0 Å². The lowest BCUT2D eigenvalue weighted by Crippen LogP contribution is -2.52. The van der Waals surface area contributed by atoms with Crippen molar-refractivity contribution in [1.29, 1.82) is 0 Å². The van der Waals surface area contributed by atoms with Crippen molar-refractivity contribution in [2.45, 2.75) is 18.2 Å². The quantitative estimate of drug-likeness (QED) is 0.759. The number of hydrogen-bond donors (Lipinski definition) is 1. The van der Waals surface area contributed by atoms with Crippen LogP contribution in [-0.4, -0.2) is 17.9 Å². The summed E-state index contributed by atoms with van der Waals surface area (Å²) in [5, 5.41) is 9.35. The lowest BCUT2D eigenvalue weighted by Gasteiger charge is -2.43. The molecule has 0 amide bonds. The van der Waals surface area contributed by atoms with Crippen molar-refractivity contribution in [3.63, 3.8) is 0 Å². The van der Waals surface area contributed by atoms with Gasteiger partial charge in [0.1, 0.15) is 11.6 Å². The van der Waals surface area contributed by atoms with Crippen LogP contribution in [0.2, 0.25) is 0 Å². The number of alkyl halides is 3. The predicted octanol–water partition coefficient (Wildman–Crippen LogP) is 2.71. The number of hydrogen-bond acceptors (Lipinski definition) is 2. The van der Waals surface area contributed by atoms with E-state index in [2.05, 4.69) is 4.74 Å². The third-order valence-corrected chi connectivity index (χ3v) is 2.65. The molecule has 1 atom stereocenters. The fourth-order valence-electron chi connectivity index (χ4n) is 1.73. The van der Waals surface area contributed by atoms with Crippen molar-refractivity contribution in [3.05, 3.63) is 29.6 Å². The summed E-state index contributed by atoms with van der Waals surface area (Å²) in [5.74, 6) is -1.45. The summed E-state index contributed by atoms with van der Waals surface area (Å²) >= 11 is 0. The van der Waals surface area contributed by atoms with Gasteiger partial charge in [-0.2, -0.15) is 13.2 Å². The van der Waals surface area contributed by atoms with Gasteiger partial charge in [0.2, 0.25) is 0 Å². The van der Waals surface area contributed by atoms with Gasteiger partial charge in [-0.3, -0.25) is 0 Å². The Hall–Kier alpha value is -1.30. The first kappa shape index (κ1) is 11.2. The Morgan fingerprint density at radius 1 is 1.31 bits per heavy atom. The molecule has 0 aliphatic carbocycles. The van der Waals surface area contributed by atoms with E-state index >= 15 is 0 Å². The highest BCUT2D eigenvalue weighted by Gasteiger charge is 2.62. The highest BCUT2D eigenvalue weighted by atomic mass is 19.4. The van der Waals surface area contributed by atoms with Crippen LogP contribution in [0.4, 0.5) is 17.6 Å². The molecule has 6 heteroatoms. The van der Waals surface area contributed by atoms with Crippen LogP contribution in [0.15, 0.2) is 18.2 Å². The minimum absolute atomic E-state index is 0.0601. The smallest absolute Gasteiger partial charge is 0.421 e. The van der Waals surface area contributed by atoms with Crippen LogP contribution in [0.5, 0.6) is 5.75 Å². The molecule has 0 radical (unpaired) electrons. The van der Waals surface area contributed by atoms with Crippen LogP contribution >= 0.6 is 0 Å². The number of rotatable bonds is 1. The summed E-state index contributed by atoms with van der Waals surface area (Å²) in [6, 6.07) is 2.43. The SMILES string of the molecule is Oc1ccc(F)cc1C1(C(F)(F)F)CCO1. The zero-order valence-corrected chi connectivity index (χ0v) is 8.01. The van der Waals surface area contributed by atoms with Gasteiger partial charge in [0.05, 0.1) is 6.61 Å². The van der Waals surface area contributed by atoms with E-state index in [9.17, 15) is 22.7 Å². The number of ether oxygens (including phenoxy) is 1. The molecule has 1 unspecified atom stereocenters. The van der Waals surface area contributed by atoms with Crippen LogP contribution in [0.3, 0.4) is 0 Å². The lowest BCUT2D eigenvalue weighted by molar-refractivity contribution is -0.334. The van der Waals surface area contributed by atoms with E-state index in [0.29, 0.717) is 6.07 Å². The molecule has 1 saturated heterocycles. The summed E-state index contributed by atoms with van der Waals surface area (Å²) < 4.78 is 55.8. The number of benzene rings is 1. The van der Waals surface area contributed by atoms with Crippen molar-refractivity contribution >= 4 is 0 Å². The third kappa shape index (κ3) is 1.44. The molecule has 16 heavy (non-hydrogen) atoms. The molecule has 1 aliphatic rings. The minimum atomic E-state index is -4.67. The number of phenolic OH excluding ortho intramolecular Hbond substituents is 1. The molecule has 0 bridgehead atoms. The second-order valence-corrected chi connectivity index (χ2v) is 3.58. The minimum Gasteiger partial charge on any atom is -0.508 e. The average molecular weight is 236 g/mol. The molecule has 1 aromatic rings. The van der Waals surface area contributed by atoms with Gasteiger partial charge >= 0.3 is 6.18 Å². The van der Waals surface area contributed by atoms with E-state index in [1.54, 1.807) is 0 Å². The molecule has 1 aromatic carbocycles. The van der Waals surface area contributed by atoms with Gasteiger partial charge in [-0.1, -0.05) is 0 Å². The molecule has 0 spiro atoms. The summed E-state index contributed by atoms with van der Waals surface area (Å²) in [5.41, 5.74) is -3.12. The second-order valence-electron chi connectivity index (χ2n) is 3.58. The summed E-state index contributed by atoms with van der Waals surface area (Å²) in [6.45, 7) is -0.0601. The Bertz CT molecular complexity index is 410. The molecular weight excluding hydrogens is 228 g/mol. The summed E-state index contributed by atoms with van der Waals surface area (Å²) in [6.07, 6.45) is -4.98. The van der Waals surface area contributed by atoms with Crippen LogP contribution < -0.4 is 0 Å². The molecule has 88 valence electrons. The molecular formula is C10H8F4O2. The molecule has 1 N–H and O–H groups in total. The van der Waals surface area contributed by atoms with Gasteiger partial charge in [-0.25, -0.2) is 4.39 Å². The Morgan fingerprint density at radius 3 is 2.38 bits per heavy atom. The van der Waals surface area contributed by atoms with E-state index in [0.717, 1.165) is 12.1 Å². The molecule has 2 nitrogen and oxygen atoms in total. The second kappa shape index (κ2) is 3.35. The maximum absolute atomic E-state index is 12.9. The van der Waals surface area contributed by atoms with Gasteiger partial charge < -0.3 is 9.84 Å². The van der Waals surface area contributed by atoms with E-state index < -0.39 is 28.9 Å². The van der Waals surface area contributed by atoms with Crippen molar-refractivity contribution in [3.8, 4) is 5.75 Å². The Kier molecular flexibility index (Phi) is 2.34. The average Bonchev–Trinajstić information content (AvgIpc) is 2.06. The Labute approximate surface area is 88.5 Å². The number of phenols is 1. The fraction of sp³-hybridized carbons (Fsp3) is 0.400.